The van der Waals surface area contributed by atoms with Gasteiger partial charge < -0.3 is 10.1 Å². The summed E-state index contributed by atoms with van der Waals surface area (Å²) in [5.74, 6) is -0.0611. The Balaban J connectivity index is 2.01. The van der Waals surface area contributed by atoms with Crippen LogP contribution in [0.25, 0.3) is 0 Å². The zero-order valence-corrected chi connectivity index (χ0v) is 13.1. The summed E-state index contributed by atoms with van der Waals surface area (Å²) in [7, 11) is 1.47. The van der Waals surface area contributed by atoms with Crippen molar-refractivity contribution in [3.8, 4) is 5.75 Å². The molecule has 0 spiro atoms. The number of halogens is 2. The molecule has 2 aromatic carbocycles. The summed E-state index contributed by atoms with van der Waals surface area (Å²) in [6.45, 7) is 2.74. The van der Waals surface area contributed by atoms with Gasteiger partial charge in [0.15, 0.2) is 11.6 Å². The molecule has 0 saturated carbocycles. The summed E-state index contributed by atoms with van der Waals surface area (Å²) in [5.41, 5.74) is 2.08. The maximum atomic E-state index is 13.7. The molecule has 20 heavy (non-hydrogen) atoms. The first-order valence-corrected chi connectivity index (χ1v) is 7.20. The van der Waals surface area contributed by atoms with Crippen molar-refractivity contribution in [2.24, 2.45) is 0 Å². The van der Waals surface area contributed by atoms with Crippen LogP contribution >= 0.6 is 15.9 Å². The van der Waals surface area contributed by atoms with Crippen LogP contribution in [-0.4, -0.2) is 7.11 Å². The van der Waals surface area contributed by atoms with E-state index in [0.717, 1.165) is 16.6 Å². The van der Waals surface area contributed by atoms with Crippen LogP contribution in [0.2, 0.25) is 0 Å². The van der Waals surface area contributed by atoms with E-state index in [2.05, 4.69) is 33.4 Å². The Morgan fingerprint density at radius 3 is 2.70 bits per heavy atom. The van der Waals surface area contributed by atoms with Crippen molar-refractivity contribution < 1.29 is 9.13 Å². The Kier molecular flexibility index (Phi) is 5.15. The van der Waals surface area contributed by atoms with E-state index in [4.69, 9.17) is 4.74 Å². The van der Waals surface area contributed by atoms with Gasteiger partial charge in [0, 0.05) is 17.1 Å². The second-order valence-corrected chi connectivity index (χ2v) is 5.54. The smallest absolute Gasteiger partial charge is 0.165 e. The molecule has 4 heteroatoms. The molecule has 2 rings (SSSR count). The highest BCUT2D eigenvalue weighted by Gasteiger charge is 2.09. The number of hydrogen-bond acceptors (Lipinski definition) is 2. The quantitative estimate of drug-likeness (QED) is 0.870. The minimum Gasteiger partial charge on any atom is -0.494 e. The minimum atomic E-state index is -0.332. The third-order valence-corrected chi connectivity index (χ3v) is 3.67. The molecule has 0 aliphatic heterocycles. The highest BCUT2D eigenvalue weighted by atomic mass is 79.9. The number of methoxy groups -OCH3 is 1. The highest BCUT2D eigenvalue weighted by Crippen LogP contribution is 2.22. The summed E-state index contributed by atoms with van der Waals surface area (Å²) in [6.07, 6.45) is 0. The van der Waals surface area contributed by atoms with Crippen molar-refractivity contribution in [1.82, 2.24) is 5.32 Å². The van der Waals surface area contributed by atoms with Gasteiger partial charge in [0.1, 0.15) is 0 Å². The number of nitrogens with one attached hydrogen (secondary N) is 1. The number of ether oxygens (including phenoxy) is 1. The van der Waals surface area contributed by atoms with Crippen LogP contribution in [0.3, 0.4) is 0 Å². The van der Waals surface area contributed by atoms with E-state index in [9.17, 15) is 4.39 Å². The van der Waals surface area contributed by atoms with E-state index >= 15 is 0 Å². The average Bonchev–Trinajstić information content (AvgIpc) is 2.44. The van der Waals surface area contributed by atoms with Crippen LogP contribution in [0.5, 0.6) is 5.75 Å². The van der Waals surface area contributed by atoms with Gasteiger partial charge in [-0.3, -0.25) is 0 Å². The summed E-state index contributed by atoms with van der Waals surface area (Å²) in [4.78, 5) is 0. The predicted octanol–water partition coefficient (Wildman–Crippen LogP) is 4.45. The fourth-order valence-corrected chi connectivity index (χ4v) is 2.43. The van der Waals surface area contributed by atoms with Crippen molar-refractivity contribution in [3.05, 3.63) is 63.9 Å². The lowest BCUT2D eigenvalue weighted by molar-refractivity contribution is 0.385. The Bertz CT molecular complexity index is 588. The Morgan fingerprint density at radius 1 is 1.25 bits per heavy atom. The van der Waals surface area contributed by atoms with E-state index in [-0.39, 0.29) is 17.6 Å². The van der Waals surface area contributed by atoms with Crippen molar-refractivity contribution in [2.75, 3.05) is 7.11 Å². The molecular weight excluding hydrogens is 321 g/mol. The number of benzene rings is 2. The first-order valence-electron chi connectivity index (χ1n) is 6.41. The summed E-state index contributed by atoms with van der Waals surface area (Å²) in [5, 5.41) is 3.38. The molecule has 2 nitrogen and oxygen atoms in total. The highest BCUT2D eigenvalue weighted by molar-refractivity contribution is 9.10. The van der Waals surface area contributed by atoms with E-state index in [1.165, 1.54) is 18.7 Å². The van der Waals surface area contributed by atoms with Crippen molar-refractivity contribution in [1.29, 1.82) is 0 Å². The second-order valence-electron chi connectivity index (χ2n) is 4.63. The Labute approximate surface area is 127 Å². The van der Waals surface area contributed by atoms with Crippen LogP contribution in [0.1, 0.15) is 24.1 Å². The van der Waals surface area contributed by atoms with Gasteiger partial charge in [-0.25, -0.2) is 4.39 Å². The molecule has 1 atom stereocenters. The first kappa shape index (κ1) is 15.0. The molecule has 1 N–H and O–H groups in total. The molecule has 0 saturated heterocycles. The van der Waals surface area contributed by atoms with Gasteiger partial charge in [-0.15, -0.1) is 0 Å². The average molecular weight is 338 g/mol. The lowest BCUT2D eigenvalue weighted by atomic mass is 10.1. The zero-order valence-electron chi connectivity index (χ0n) is 11.5. The maximum Gasteiger partial charge on any atom is 0.165 e. The fraction of sp³-hybridized carbons (Fsp3) is 0.250. The van der Waals surface area contributed by atoms with Crippen molar-refractivity contribution in [3.63, 3.8) is 0 Å². The van der Waals surface area contributed by atoms with Crippen LogP contribution in [0.4, 0.5) is 4.39 Å². The molecule has 106 valence electrons. The summed E-state index contributed by atoms with van der Waals surface area (Å²) < 4.78 is 19.6. The van der Waals surface area contributed by atoms with Gasteiger partial charge in [0.25, 0.3) is 0 Å². The third kappa shape index (κ3) is 3.81. The van der Waals surface area contributed by atoms with E-state index in [1.807, 2.05) is 25.1 Å². The molecule has 0 aliphatic carbocycles. The van der Waals surface area contributed by atoms with Crippen LogP contribution in [0.15, 0.2) is 46.9 Å². The molecule has 0 aromatic heterocycles. The lowest BCUT2D eigenvalue weighted by Crippen LogP contribution is -2.18. The topological polar surface area (TPSA) is 21.3 Å². The van der Waals surface area contributed by atoms with Gasteiger partial charge in [-0.1, -0.05) is 34.1 Å². The molecule has 1 unspecified atom stereocenters. The monoisotopic (exact) mass is 337 g/mol. The molecule has 0 bridgehead atoms. The third-order valence-electron chi connectivity index (χ3n) is 3.18. The molecule has 0 amide bonds. The second kappa shape index (κ2) is 6.86. The predicted molar refractivity (Wildman–Crippen MR) is 82.3 cm³/mol. The zero-order chi connectivity index (χ0) is 14.5. The van der Waals surface area contributed by atoms with E-state index < -0.39 is 0 Å². The Morgan fingerprint density at radius 2 is 2.05 bits per heavy atom. The van der Waals surface area contributed by atoms with Crippen molar-refractivity contribution >= 4 is 15.9 Å². The minimum absolute atomic E-state index is 0.0642. The van der Waals surface area contributed by atoms with Crippen LogP contribution in [0, 0.1) is 5.82 Å². The number of rotatable bonds is 5. The molecule has 0 fully saturated rings. The summed E-state index contributed by atoms with van der Waals surface area (Å²) >= 11 is 3.45. The van der Waals surface area contributed by atoms with E-state index in [1.54, 1.807) is 6.07 Å². The lowest BCUT2D eigenvalue weighted by Gasteiger charge is -2.15. The molecular formula is C16H17BrFNO. The van der Waals surface area contributed by atoms with Gasteiger partial charge in [-0.2, -0.15) is 0 Å². The molecule has 0 heterocycles. The maximum absolute atomic E-state index is 13.7. The van der Waals surface area contributed by atoms with Gasteiger partial charge >= 0.3 is 0 Å². The first-order chi connectivity index (χ1) is 9.60. The van der Waals surface area contributed by atoms with Crippen molar-refractivity contribution in [2.45, 2.75) is 19.5 Å². The number of hydrogen-bond donors (Lipinski definition) is 1. The molecule has 2 aromatic rings. The van der Waals surface area contributed by atoms with Crippen LogP contribution < -0.4 is 10.1 Å². The molecule has 0 radical (unpaired) electrons. The Hall–Kier alpha value is -1.39. The standard InChI is InChI=1S/C16H17BrFNO/c1-11(13-6-7-16(20-2)15(18)9-13)19-10-12-4-3-5-14(17)8-12/h3-9,11,19H,10H2,1-2H3. The normalized spacial score (nSPS) is 12.2. The SMILES string of the molecule is COc1ccc(C(C)NCc2cccc(Br)c2)cc1F. The van der Waals surface area contributed by atoms with E-state index in [0.29, 0.717) is 0 Å². The van der Waals surface area contributed by atoms with Crippen LogP contribution in [-0.2, 0) is 6.54 Å². The van der Waals surface area contributed by atoms with Gasteiger partial charge in [0.05, 0.1) is 7.11 Å². The summed E-state index contributed by atoms with van der Waals surface area (Å²) in [6, 6.07) is 13.2. The molecule has 0 aliphatic rings. The van der Waals surface area contributed by atoms with Gasteiger partial charge in [-0.05, 0) is 42.3 Å². The largest absolute Gasteiger partial charge is 0.494 e. The fourth-order valence-electron chi connectivity index (χ4n) is 1.99. The van der Waals surface area contributed by atoms with Gasteiger partial charge in [0.2, 0.25) is 0 Å².